The molecule has 208 valence electrons. The summed E-state index contributed by atoms with van der Waals surface area (Å²) < 4.78 is 25.6. The number of rotatable bonds is 6. The number of carbonyl (C=O) groups excluding carboxylic acids is 3. The van der Waals surface area contributed by atoms with Gasteiger partial charge in [0.25, 0.3) is 11.8 Å². The molecule has 40 heavy (non-hydrogen) atoms. The molecule has 0 spiro atoms. The fourth-order valence-electron chi connectivity index (χ4n) is 5.04. The zero-order valence-electron chi connectivity index (χ0n) is 21.9. The Morgan fingerprint density at radius 2 is 1.88 bits per heavy atom. The monoisotopic (exact) mass is 565 g/mol. The number of amides is 3. The van der Waals surface area contributed by atoms with Crippen LogP contribution in [0, 0.1) is 5.82 Å². The van der Waals surface area contributed by atoms with E-state index in [2.05, 4.69) is 10.6 Å². The molecule has 0 unspecified atom stereocenters. The van der Waals surface area contributed by atoms with Gasteiger partial charge >= 0.3 is 0 Å². The normalized spacial score (nSPS) is 20.3. The number of benzene rings is 3. The van der Waals surface area contributed by atoms with Crippen molar-refractivity contribution in [1.82, 2.24) is 10.2 Å². The topological polar surface area (TPSA) is 97.0 Å². The predicted octanol–water partition coefficient (Wildman–Crippen LogP) is 4.82. The van der Waals surface area contributed by atoms with Crippen molar-refractivity contribution in [2.75, 3.05) is 19.0 Å². The molecule has 0 saturated carbocycles. The number of likely N-dealkylation sites (N-methyl/N-ethyl adjacent to an activating group) is 1. The van der Waals surface area contributed by atoms with Gasteiger partial charge in [0.15, 0.2) is 0 Å². The average Bonchev–Trinajstić information content (AvgIpc) is 2.94. The van der Waals surface area contributed by atoms with E-state index >= 15 is 0 Å². The van der Waals surface area contributed by atoms with Crippen molar-refractivity contribution in [2.24, 2.45) is 0 Å². The Labute approximate surface area is 236 Å². The van der Waals surface area contributed by atoms with Crippen LogP contribution in [0.1, 0.15) is 45.5 Å². The van der Waals surface area contributed by atoms with Crippen molar-refractivity contribution in [2.45, 2.75) is 44.1 Å². The SMILES string of the molecule is CN1C(=O)c2cc(NC(=O)c3ccc(Cl)cc3)ccc2OC[C@@H]2O[C@H](CC(=O)NCc3cccc(F)c3)CC[C@H]21. The van der Waals surface area contributed by atoms with Gasteiger partial charge in [0.2, 0.25) is 5.91 Å². The molecular weight excluding hydrogens is 537 g/mol. The molecule has 3 aromatic rings. The molecule has 0 aromatic heterocycles. The highest BCUT2D eigenvalue weighted by molar-refractivity contribution is 6.30. The van der Waals surface area contributed by atoms with E-state index in [1.807, 2.05) is 0 Å². The Balaban J connectivity index is 1.21. The quantitative estimate of drug-likeness (QED) is 0.447. The Morgan fingerprint density at radius 1 is 1.07 bits per heavy atom. The summed E-state index contributed by atoms with van der Waals surface area (Å²) in [5.41, 5.74) is 1.92. The molecular formula is C30H29ClFN3O5. The van der Waals surface area contributed by atoms with Gasteiger partial charge in [0.05, 0.1) is 24.1 Å². The zero-order valence-corrected chi connectivity index (χ0v) is 22.6. The molecule has 2 N–H and O–H groups in total. The number of nitrogens with one attached hydrogen (secondary N) is 2. The summed E-state index contributed by atoms with van der Waals surface area (Å²) in [6.45, 7) is 0.432. The molecule has 8 nitrogen and oxygen atoms in total. The first-order valence-electron chi connectivity index (χ1n) is 13.0. The van der Waals surface area contributed by atoms with Gasteiger partial charge in [-0.15, -0.1) is 0 Å². The Kier molecular flexibility index (Phi) is 8.32. The number of fused-ring (bicyclic) bond motifs is 2. The molecule has 3 amide bonds. The van der Waals surface area contributed by atoms with E-state index in [-0.39, 0.29) is 55.3 Å². The van der Waals surface area contributed by atoms with Crippen LogP contribution < -0.4 is 15.4 Å². The van der Waals surface area contributed by atoms with Gasteiger partial charge in [0.1, 0.15) is 24.3 Å². The average molecular weight is 566 g/mol. The van der Waals surface area contributed by atoms with Crippen LogP contribution in [0.15, 0.2) is 66.7 Å². The van der Waals surface area contributed by atoms with E-state index in [1.165, 1.54) is 12.1 Å². The summed E-state index contributed by atoms with van der Waals surface area (Å²) >= 11 is 5.91. The van der Waals surface area contributed by atoms with Crippen molar-refractivity contribution in [3.8, 4) is 5.75 Å². The lowest BCUT2D eigenvalue weighted by Gasteiger charge is -2.42. The Bertz CT molecular complexity index is 1420. The highest BCUT2D eigenvalue weighted by Gasteiger charge is 2.39. The molecule has 1 fully saturated rings. The van der Waals surface area contributed by atoms with Crippen molar-refractivity contribution in [3.05, 3.63) is 94.3 Å². The smallest absolute Gasteiger partial charge is 0.257 e. The molecule has 2 aliphatic heterocycles. The third-order valence-corrected chi connectivity index (χ3v) is 7.42. The molecule has 3 aromatic carbocycles. The maximum absolute atomic E-state index is 13.5. The summed E-state index contributed by atoms with van der Waals surface area (Å²) in [7, 11) is 1.73. The number of carbonyl (C=O) groups is 3. The minimum atomic E-state index is -0.416. The predicted molar refractivity (Wildman–Crippen MR) is 148 cm³/mol. The van der Waals surface area contributed by atoms with E-state index in [9.17, 15) is 18.8 Å². The van der Waals surface area contributed by atoms with Gasteiger partial charge in [-0.2, -0.15) is 0 Å². The number of ether oxygens (including phenoxy) is 2. The zero-order chi connectivity index (χ0) is 28.2. The van der Waals surface area contributed by atoms with Gasteiger partial charge < -0.3 is 25.0 Å². The first-order chi connectivity index (χ1) is 19.3. The Morgan fingerprint density at radius 3 is 2.65 bits per heavy atom. The van der Waals surface area contributed by atoms with Gasteiger partial charge in [-0.25, -0.2) is 4.39 Å². The van der Waals surface area contributed by atoms with Crippen LogP contribution in [0.3, 0.4) is 0 Å². The molecule has 5 rings (SSSR count). The second kappa shape index (κ2) is 12.1. The van der Waals surface area contributed by atoms with Crippen molar-refractivity contribution >= 4 is 35.0 Å². The van der Waals surface area contributed by atoms with E-state index in [4.69, 9.17) is 21.1 Å². The second-order valence-corrected chi connectivity index (χ2v) is 10.4. The number of hydrogen-bond acceptors (Lipinski definition) is 5. The van der Waals surface area contributed by atoms with Crippen molar-refractivity contribution < 1.29 is 28.2 Å². The summed E-state index contributed by atoms with van der Waals surface area (Å²) in [6.07, 6.45) is 0.645. The van der Waals surface area contributed by atoms with E-state index < -0.39 is 6.10 Å². The van der Waals surface area contributed by atoms with Gasteiger partial charge in [-0.1, -0.05) is 23.7 Å². The maximum Gasteiger partial charge on any atom is 0.257 e. The van der Waals surface area contributed by atoms with Crippen LogP contribution in [-0.4, -0.2) is 54.5 Å². The van der Waals surface area contributed by atoms with E-state index in [1.54, 1.807) is 66.5 Å². The van der Waals surface area contributed by atoms with Crippen LogP contribution in [0.5, 0.6) is 5.75 Å². The summed E-state index contributed by atoms with van der Waals surface area (Å²) in [6, 6.07) is 17.3. The summed E-state index contributed by atoms with van der Waals surface area (Å²) in [5.74, 6) is -0.726. The number of nitrogens with zero attached hydrogens (tertiary/aromatic N) is 1. The fraction of sp³-hybridized carbons (Fsp3) is 0.300. The number of anilines is 1. The highest BCUT2D eigenvalue weighted by Crippen LogP contribution is 2.32. The highest BCUT2D eigenvalue weighted by atomic mass is 35.5. The number of hydrogen-bond donors (Lipinski definition) is 2. The van der Waals surface area contributed by atoms with Crippen LogP contribution in [0.4, 0.5) is 10.1 Å². The molecule has 3 atom stereocenters. The molecule has 2 heterocycles. The van der Waals surface area contributed by atoms with Gasteiger partial charge in [-0.05, 0) is 73.0 Å². The third-order valence-electron chi connectivity index (χ3n) is 7.17. The van der Waals surface area contributed by atoms with E-state index in [0.717, 1.165) is 0 Å². The Hall–Kier alpha value is -3.95. The molecule has 0 radical (unpaired) electrons. The third kappa shape index (κ3) is 6.43. The minimum absolute atomic E-state index is 0.156. The van der Waals surface area contributed by atoms with Gasteiger partial charge in [-0.3, -0.25) is 14.4 Å². The largest absolute Gasteiger partial charge is 0.490 e. The summed E-state index contributed by atoms with van der Waals surface area (Å²) in [5, 5.41) is 6.16. The molecule has 10 heteroatoms. The molecule has 0 aliphatic carbocycles. The lowest BCUT2D eigenvalue weighted by atomic mass is 9.94. The lowest BCUT2D eigenvalue weighted by Crippen LogP contribution is -2.53. The summed E-state index contributed by atoms with van der Waals surface area (Å²) in [4.78, 5) is 40.3. The van der Waals surface area contributed by atoms with Crippen LogP contribution in [0.25, 0.3) is 0 Å². The van der Waals surface area contributed by atoms with Crippen LogP contribution in [-0.2, 0) is 16.1 Å². The molecule has 0 bridgehead atoms. The fourth-order valence-corrected chi connectivity index (χ4v) is 5.16. The van der Waals surface area contributed by atoms with Crippen molar-refractivity contribution in [3.63, 3.8) is 0 Å². The van der Waals surface area contributed by atoms with E-state index in [0.29, 0.717) is 46.0 Å². The lowest BCUT2D eigenvalue weighted by molar-refractivity contribution is -0.134. The van der Waals surface area contributed by atoms with Crippen LogP contribution in [0.2, 0.25) is 5.02 Å². The maximum atomic E-state index is 13.5. The van der Waals surface area contributed by atoms with Crippen LogP contribution >= 0.6 is 11.6 Å². The second-order valence-electron chi connectivity index (χ2n) is 9.95. The first-order valence-corrected chi connectivity index (χ1v) is 13.4. The van der Waals surface area contributed by atoms with Gasteiger partial charge in [0, 0.05) is 29.9 Å². The standard InChI is InChI=1S/C30H29ClFN3O5/c1-35-25-11-10-23(15-28(36)33-16-18-3-2-4-21(32)13-18)40-27(25)17-39-26-12-9-22(14-24(26)30(35)38)34-29(37)19-5-7-20(31)8-6-19/h2-9,12-14,23,25,27H,10-11,15-17H2,1H3,(H,33,36)(H,34,37)/t23-,25+,27-/m0/s1. The van der Waals surface area contributed by atoms with Crippen molar-refractivity contribution in [1.29, 1.82) is 0 Å². The number of halogens is 2. The molecule has 2 aliphatic rings. The molecule has 1 saturated heterocycles. The first kappa shape index (κ1) is 27.6. The minimum Gasteiger partial charge on any atom is -0.490 e.